The van der Waals surface area contributed by atoms with Gasteiger partial charge in [-0.15, -0.1) is 9.79 Å². The summed E-state index contributed by atoms with van der Waals surface area (Å²) in [5.74, 6) is 0. The van der Waals surface area contributed by atoms with Gasteiger partial charge < -0.3 is 5.71 Å². The van der Waals surface area contributed by atoms with Crippen molar-refractivity contribution in [1.29, 1.82) is 0 Å². The van der Waals surface area contributed by atoms with Gasteiger partial charge in [0, 0.05) is 4.57 Å². The molecule has 0 amide bonds. The topological polar surface area (TPSA) is 57.5 Å². The van der Waals surface area contributed by atoms with Crippen LogP contribution >= 0.6 is 8.25 Å². The molecule has 0 unspecified atom stereocenters. The fraction of sp³-hybridized carbons (Fsp3) is 0. The quantitative estimate of drug-likeness (QED) is 0.285. The summed E-state index contributed by atoms with van der Waals surface area (Å²) in [6.45, 7) is 0. The molecule has 8 heavy (non-hydrogen) atoms. The normalized spacial score (nSPS) is 3.25. The molecule has 0 atom stereocenters. The van der Waals surface area contributed by atoms with Gasteiger partial charge in [0.05, 0.1) is 0 Å². The van der Waals surface area contributed by atoms with Crippen LogP contribution in [0.4, 0.5) is 0 Å². The predicted octanol–water partition coefficient (Wildman–Crippen LogP) is -11.9. The van der Waals surface area contributed by atoms with E-state index >= 15 is 0 Å². The number of rotatable bonds is 0. The maximum absolute atomic E-state index is 8.70. The molecule has 0 aliphatic heterocycles. The zero-order valence-corrected chi connectivity index (χ0v) is 14.6. The van der Waals surface area contributed by atoms with E-state index in [9.17, 15) is 0 Å². The molecule has 0 rings (SSSR count). The van der Waals surface area contributed by atoms with E-state index in [4.69, 9.17) is 14.4 Å². The van der Waals surface area contributed by atoms with Crippen LogP contribution in [0.25, 0.3) is 0 Å². The third kappa shape index (κ3) is 50.4. The second kappa shape index (κ2) is 22.5. The Morgan fingerprint density at radius 1 is 1.00 bits per heavy atom. The van der Waals surface area contributed by atoms with E-state index in [1.165, 1.54) is 0 Å². The van der Waals surface area contributed by atoms with Crippen LogP contribution in [0.2, 0.25) is 0 Å². The van der Waals surface area contributed by atoms with Gasteiger partial charge in [0.2, 0.25) is 0 Å². The van der Waals surface area contributed by atoms with E-state index < -0.39 is 8.25 Å². The first-order chi connectivity index (χ1) is 1.73. The Bertz CT molecular complexity index is 45.3. The summed E-state index contributed by atoms with van der Waals surface area (Å²) in [5, 5.41) is 0. The summed E-state index contributed by atoms with van der Waals surface area (Å²) in [6.07, 6.45) is 0. The van der Waals surface area contributed by atoms with Crippen LogP contribution in [-0.4, -0.2) is 9.79 Å². The first-order valence-electron chi connectivity index (χ1n) is 0.583. The Morgan fingerprint density at radius 3 is 1.00 bits per heavy atom. The Labute approximate surface area is 143 Å². The first-order valence-corrected chi connectivity index (χ1v) is 1.75. The number of hydrogen-bond donors (Lipinski definition) is 2. The number of hydrogen-bond acceptors (Lipinski definition) is 1. The van der Waals surface area contributed by atoms with Crippen molar-refractivity contribution in [2.45, 2.75) is 0 Å². The van der Waals surface area contributed by atoms with Crippen LogP contribution in [0.1, 0.15) is 5.71 Å². The van der Waals surface area contributed by atoms with E-state index in [1.807, 2.05) is 0 Å². The molecule has 0 aromatic heterocycles. The summed E-state index contributed by atoms with van der Waals surface area (Å²) >= 11 is 0. The second-order valence-electron chi connectivity index (χ2n) is 0.253. The van der Waals surface area contributed by atoms with Crippen LogP contribution < -0.4 is 118 Å². The fourth-order valence-electron chi connectivity index (χ4n) is 0. The zero-order valence-electron chi connectivity index (χ0n) is 9.75. The Hall–Kier alpha value is 4.02. The van der Waals surface area contributed by atoms with Gasteiger partial charge in [0.1, 0.15) is 0 Å². The third-order valence-corrected chi connectivity index (χ3v) is 0. The largest absolute Gasteiger partial charge is 1.00 e. The van der Waals surface area contributed by atoms with Crippen LogP contribution in [-0.2, 0) is 4.57 Å². The van der Waals surface area contributed by atoms with Crippen LogP contribution in [0.15, 0.2) is 0 Å². The van der Waals surface area contributed by atoms with Gasteiger partial charge in [-0.3, -0.25) is 0 Å². The minimum absolute atomic E-state index is 0. The third-order valence-electron chi connectivity index (χ3n) is 0. The zero-order chi connectivity index (χ0) is 3.58. The molecular weight excluding hydrogens is 171 g/mol. The minimum Gasteiger partial charge on any atom is -1.00 e. The maximum atomic E-state index is 8.70. The monoisotopic (exact) mass is 177 g/mol. The molecule has 2 N–H and O–H groups in total. The first kappa shape index (κ1) is 29.6. The minimum atomic E-state index is -2.87. The van der Waals surface area contributed by atoms with Crippen LogP contribution in [0.5, 0.6) is 0 Å². The van der Waals surface area contributed by atoms with E-state index in [1.54, 1.807) is 0 Å². The smallest absolute Gasteiger partial charge is 1.00 e. The molecule has 0 aliphatic rings. The molecule has 0 spiro atoms. The van der Waals surface area contributed by atoms with Gasteiger partial charge in [-0.1, -0.05) is 0 Å². The van der Waals surface area contributed by atoms with Gasteiger partial charge >= 0.3 is 126 Å². The van der Waals surface area contributed by atoms with E-state index in [0.717, 1.165) is 0 Å². The summed E-state index contributed by atoms with van der Waals surface area (Å²) in [5.41, 5.74) is 0. The average molecular weight is 177 g/mol. The molecule has 0 saturated heterocycles. The van der Waals surface area contributed by atoms with Gasteiger partial charge in [-0.25, -0.2) is 0 Å². The van der Waals surface area contributed by atoms with Crippen molar-refractivity contribution in [2.24, 2.45) is 0 Å². The van der Waals surface area contributed by atoms with Crippen LogP contribution in [0, 0.1) is 0 Å². The molecule has 0 heterocycles. The molecule has 32 valence electrons. The van der Waals surface area contributed by atoms with E-state index in [0.29, 0.717) is 0 Å². The van der Waals surface area contributed by atoms with Crippen molar-refractivity contribution in [1.82, 2.24) is 0 Å². The van der Waals surface area contributed by atoms with Crippen molar-refractivity contribution >= 4 is 8.25 Å². The molecule has 0 aliphatic carbocycles. The maximum Gasteiger partial charge on any atom is 1.00 e. The SMILES string of the molecule is O=[P+](O)O.[H-].[H-].[H-].[H-].[Na+].[Na+].[Na+].[Na+]. The molecule has 8 heteroatoms. The van der Waals surface area contributed by atoms with Gasteiger partial charge in [0.15, 0.2) is 0 Å². The van der Waals surface area contributed by atoms with Gasteiger partial charge in [-0.2, -0.15) is 0 Å². The summed E-state index contributed by atoms with van der Waals surface area (Å²) in [4.78, 5) is 14.2. The van der Waals surface area contributed by atoms with Crippen molar-refractivity contribution in [3.8, 4) is 0 Å². The Balaban J connectivity index is -0.00000000161. The molecule has 0 aromatic carbocycles. The Kier molecular flexibility index (Phi) is 83.1. The summed E-state index contributed by atoms with van der Waals surface area (Å²) in [6, 6.07) is 0. The fourth-order valence-corrected chi connectivity index (χ4v) is 0. The van der Waals surface area contributed by atoms with Crippen molar-refractivity contribution in [2.75, 3.05) is 0 Å². The molecule has 0 saturated carbocycles. The molecule has 0 aromatic rings. The van der Waals surface area contributed by atoms with Gasteiger partial charge in [0.25, 0.3) is 0 Å². The Morgan fingerprint density at radius 2 is 1.00 bits per heavy atom. The van der Waals surface area contributed by atoms with Crippen molar-refractivity contribution in [3.05, 3.63) is 0 Å². The van der Waals surface area contributed by atoms with Crippen LogP contribution in [0.3, 0.4) is 0 Å². The summed E-state index contributed by atoms with van der Waals surface area (Å²) < 4.78 is 8.70. The van der Waals surface area contributed by atoms with E-state index in [2.05, 4.69) is 0 Å². The molecular formula is H6Na4O3P+. The second-order valence-corrected chi connectivity index (χ2v) is 0.758. The standard InChI is InChI=1S/4Na.HO3P.4H/c;;;;1-4(2)3;;;;/h;;;;(H-,1,2,3);;;;/q4*+1;;4*-1/p+1. The van der Waals surface area contributed by atoms with Crippen molar-refractivity contribution < 1.29 is 138 Å². The molecule has 3 nitrogen and oxygen atoms in total. The van der Waals surface area contributed by atoms with Crippen molar-refractivity contribution in [3.63, 3.8) is 0 Å². The average Bonchev–Trinajstić information content (AvgIpc) is 0.811. The molecule has 0 fully saturated rings. The molecule has 0 radical (unpaired) electrons. The van der Waals surface area contributed by atoms with E-state index in [-0.39, 0.29) is 124 Å². The van der Waals surface area contributed by atoms with Gasteiger partial charge in [-0.05, 0) is 0 Å². The molecule has 0 bridgehead atoms. The predicted molar refractivity (Wildman–Crippen MR) is 16.5 cm³/mol. The summed E-state index contributed by atoms with van der Waals surface area (Å²) in [7, 11) is -2.87.